The van der Waals surface area contributed by atoms with Crippen LogP contribution in [0.25, 0.3) is 5.70 Å². The lowest BCUT2D eigenvalue weighted by atomic mass is 9.97. The molecule has 4 nitrogen and oxygen atoms in total. The van der Waals surface area contributed by atoms with Crippen molar-refractivity contribution >= 4 is 29.4 Å². The SMILES string of the molecule is C1=CC2C=C3c4cc5c(cc4NCC[N+]3=CC2S1)OCO5. The Morgan fingerprint density at radius 1 is 1.24 bits per heavy atom. The zero-order valence-corrected chi connectivity index (χ0v) is 12.2. The van der Waals surface area contributed by atoms with Crippen LogP contribution in [0.2, 0.25) is 0 Å². The summed E-state index contributed by atoms with van der Waals surface area (Å²) in [6.07, 6.45) is 7.04. The van der Waals surface area contributed by atoms with Gasteiger partial charge in [0.25, 0.3) is 0 Å². The van der Waals surface area contributed by atoms with Crippen LogP contribution in [-0.4, -0.2) is 35.9 Å². The summed E-state index contributed by atoms with van der Waals surface area (Å²) < 4.78 is 13.4. The molecule has 1 N–H and O–H groups in total. The molecule has 1 aromatic carbocycles. The highest BCUT2D eigenvalue weighted by molar-refractivity contribution is 8.03. The molecule has 2 atom stereocenters. The van der Waals surface area contributed by atoms with Crippen LogP contribution in [-0.2, 0) is 0 Å². The van der Waals surface area contributed by atoms with Gasteiger partial charge in [0, 0.05) is 18.1 Å². The molecular formula is C16H15N2O2S+. The standard InChI is InChI=1S/C16H15N2O2S/c1-4-21-16-8-18-3-2-17-12-7-15-14(19-9-20-15)6-11(12)13(18)5-10(1)16/h1,4-8,10,16-17H,2-3,9H2/q+1. The fourth-order valence-electron chi connectivity index (χ4n) is 3.30. The highest BCUT2D eigenvalue weighted by atomic mass is 32.2. The summed E-state index contributed by atoms with van der Waals surface area (Å²) in [5, 5.41) is 6.28. The van der Waals surface area contributed by atoms with Gasteiger partial charge in [-0.15, -0.1) is 11.8 Å². The number of nitrogens with zero attached hydrogens (tertiary/aromatic N) is 1. The van der Waals surface area contributed by atoms with Gasteiger partial charge in [-0.1, -0.05) is 6.08 Å². The van der Waals surface area contributed by atoms with Crippen molar-refractivity contribution in [2.24, 2.45) is 5.92 Å². The van der Waals surface area contributed by atoms with Crippen molar-refractivity contribution in [2.75, 3.05) is 25.2 Å². The predicted octanol–water partition coefficient (Wildman–Crippen LogP) is 2.52. The summed E-state index contributed by atoms with van der Waals surface area (Å²) in [4.78, 5) is 0. The number of nitrogens with one attached hydrogen (secondary N) is 1. The van der Waals surface area contributed by atoms with Gasteiger partial charge >= 0.3 is 0 Å². The van der Waals surface area contributed by atoms with Crippen LogP contribution in [0.1, 0.15) is 5.56 Å². The van der Waals surface area contributed by atoms with Crippen LogP contribution in [0.4, 0.5) is 5.69 Å². The van der Waals surface area contributed by atoms with E-state index in [0.717, 1.165) is 30.3 Å². The molecule has 0 bridgehead atoms. The van der Waals surface area contributed by atoms with Gasteiger partial charge < -0.3 is 14.8 Å². The summed E-state index contributed by atoms with van der Waals surface area (Å²) in [5.41, 5.74) is 3.62. The molecule has 5 heteroatoms. The zero-order chi connectivity index (χ0) is 13.8. The van der Waals surface area contributed by atoms with E-state index in [1.54, 1.807) is 0 Å². The second-order valence-electron chi connectivity index (χ2n) is 5.58. The fraction of sp³-hybridized carbons (Fsp3) is 0.312. The van der Waals surface area contributed by atoms with E-state index < -0.39 is 0 Å². The molecular weight excluding hydrogens is 284 g/mol. The van der Waals surface area contributed by atoms with E-state index in [0.29, 0.717) is 18.0 Å². The maximum absolute atomic E-state index is 5.55. The van der Waals surface area contributed by atoms with Gasteiger partial charge in [0.1, 0.15) is 0 Å². The molecule has 0 fully saturated rings. The predicted molar refractivity (Wildman–Crippen MR) is 84.2 cm³/mol. The topological polar surface area (TPSA) is 33.5 Å². The van der Waals surface area contributed by atoms with Gasteiger partial charge in [-0.2, -0.15) is 4.58 Å². The Morgan fingerprint density at radius 2 is 2.14 bits per heavy atom. The Hall–Kier alpha value is -1.88. The van der Waals surface area contributed by atoms with Crippen LogP contribution in [0.5, 0.6) is 11.5 Å². The van der Waals surface area contributed by atoms with E-state index >= 15 is 0 Å². The van der Waals surface area contributed by atoms with Crippen molar-refractivity contribution in [1.82, 2.24) is 0 Å². The number of allylic oxidation sites excluding steroid dienone is 2. The molecule has 0 saturated carbocycles. The highest BCUT2D eigenvalue weighted by Crippen LogP contribution is 2.43. The van der Waals surface area contributed by atoms with Gasteiger partial charge in [0.2, 0.25) is 12.5 Å². The molecule has 0 spiro atoms. The highest BCUT2D eigenvalue weighted by Gasteiger charge is 2.35. The molecule has 21 heavy (non-hydrogen) atoms. The second kappa shape index (κ2) is 4.31. The van der Waals surface area contributed by atoms with Crippen molar-refractivity contribution in [3.8, 4) is 11.5 Å². The lowest BCUT2D eigenvalue weighted by molar-refractivity contribution is -0.425. The van der Waals surface area contributed by atoms with Gasteiger partial charge in [-0.05, 0) is 11.5 Å². The maximum atomic E-state index is 5.55. The van der Waals surface area contributed by atoms with Crippen molar-refractivity contribution in [3.05, 3.63) is 35.3 Å². The smallest absolute Gasteiger partial charge is 0.231 e. The Labute approximate surface area is 127 Å². The van der Waals surface area contributed by atoms with Crippen LogP contribution in [0, 0.1) is 5.92 Å². The summed E-state index contributed by atoms with van der Waals surface area (Å²) in [6, 6.07) is 4.17. The Kier molecular flexibility index (Phi) is 2.41. The van der Waals surface area contributed by atoms with Gasteiger partial charge in [0.05, 0.1) is 23.0 Å². The van der Waals surface area contributed by atoms with Crippen LogP contribution >= 0.6 is 11.8 Å². The molecule has 0 saturated heterocycles. The minimum atomic E-state index is 0.317. The molecule has 4 aliphatic rings. The average molecular weight is 299 g/mol. The quantitative estimate of drug-likeness (QED) is 0.746. The first-order valence-corrected chi connectivity index (χ1v) is 8.16. The van der Waals surface area contributed by atoms with E-state index in [2.05, 4.69) is 45.8 Å². The van der Waals surface area contributed by atoms with Crippen molar-refractivity contribution in [2.45, 2.75) is 5.25 Å². The van der Waals surface area contributed by atoms with Crippen LogP contribution < -0.4 is 14.8 Å². The number of ether oxygens (including phenoxy) is 2. The molecule has 4 heterocycles. The van der Waals surface area contributed by atoms with Gasteiger partial charge in [-0.3, -0.25) is 0 Å². The number of hydrogen-bond acceptors (Lipinski definition) is 4. The van der Waals surface area contributed by atoms with Crippen LogP contribution in [0.3, 0.4) is 0 Å². The third-order valence-electron chi connectivity index (χ3n) is 4.36. The number of hydrogen-bond donors (Lipinski definition) is 1. The van der Waals surface area contributed by atoms with Crippen LogP contribution in [0.15, 0.2) is 29.7 Å². The Balaban J connectivity index is 1.69. The largest absolute Gasteiger partial charge is 0.454 e. The number of fused-ring (bicyclic) bond motifs is 5. The number of benzene rings is 1. The first kappa shape index (κ1) is 11.7. The minimum absolute atomic E-state index is 0.317. The lowest BCUT2D eigenvalue weighted by Crippen LogP contribution is -2.28. The molecule has 5 rings (SSSR count). The third-order valence-corrected chi connectivity index (χ3v) is 5.42. The van der Waals surface area contributed by atoms with Gasteiger partial charge in [-0.25, -0.2) is 0 Å². The summed E-state index contributed by atoms with van der Waals surface area (Å²) in [7, 11) is 0. The first-order valence-electron chi connectivity index (χ1n) is 7.22. The normalized spacial score (nSPS) is 27.8. The molecule has 0 radical (unpaired) electrons. The van der Waals surface area contributed by atoms with E-state index in [1.165, 1.54) is 11.3 Å². The van der Waals surface area contributed by atoms with E-state index in [9.17, 15) is 0 Å². The molecule has 106 valence electrons. The molecule has 2 unspecified atom stereocenters. The number of anilines is 1. The average Bonchev–Trinajstić information content (AvgIpc) is 3.09. The molecule has 0 amide bonds. The Morgan fingerprint density at radius 3 is 3.10 bits per heavy atom. The minimum Gasteiger partial charge on any atom is -0.454 e. The number of thioether (sulfide) groups is 1. The van der Waals surface area contributed by atoms with Crippen molar-refractivity contribution < 1.29 is 14.0 Å². The second-order valence-corrected chi connectivity index (χ2v) is 6.67. The molecule has 1 aromatic rings. The molecule has 0 aliphatic carbocycles. The zero-order valence-electron chi connectivity index (χ0n) is 11.4. The van der Waals surface area contributed by atoms with E-state index in [-0.39, 0.29) is 0 Å². The lowest BCUT2D eigenvalue weighted by Gasteiger charge is -2.17. The number of rotatable bonds is 0. The summed E-state index contributed by atoms with van der Waals surface area (Å²) in [6.45, 7) is 2.23. The first-order chi connectivity index (χ1) is 10.4. The van der Waals surface area contributed by atoms with E-state index in [1.807, 2.05) is 11.8 Å². The van der Waals surface area contributed by atoms with Crippen molar-refractivity contribution in [1.29, 1.82) is 0 Å². The Bertz CT molecular complexity index is 723. The van der Waals surface area contributed by atoms with Crippen molar-refractivity contribution in [3.63, 3.8) is 0 Å². The molecule has 4 aliphatic heterocycles. The fourth-order valence-corrected chi connectivity index (χ4v) is 4.32. The molecule has 0 aromatic heterocycles. The third kappa shape index (κ3) is 1.73. The van der Waals surface area contributed by atoms with Gasteiger partial charge in [0.15, 0.2) is 24.3 Å². The van der Waals surface area contributed by atoms with E-state index in [4.69, 9.17) is 9.47 Å². The maximum Gasteiger partial charge on any atom is 0.231 e. The summed E-state index contributed by atoms with van der Waals surface area (Å²) in [5.74, 6) is 2.18. The summed E-state index contributed by atoms with van der Waals surface area (Å²) >= 11 is 1.90. The monoisotopic (exact) mass is 299 g/mol.